The maximum atomic E-state index is 5.24. The number of methoxy groups -OCH3 is 1. The number of aromatic nitrogens is 10. The van der Waals surface area contributed by atoms with Gasteiger partial charge in [-0.3, -0.25) is 0 Å². The first kappa shape index (κ1) is 56.2. The maximum absolute atomic E-state index is 5.24. The summed E-state index contributed by atoms with van der Waals surface area (Å²) in [6.45, 7) is 33.4. The Morgan fingerprint density at radius 2 is 0.904 bits per heavy atom. The lowest BCUT2D eigenvalue weighted by molar-refractivity contribution is 0.232. The molecule has 0 aliphatic rings. The summed E-state index contributed by atoms with van der Waals surface area (Å²) in [6, 6.07) is 8.88. The quantitative estimate of drug-likeness (QED) is 0.0816. The van der Waals surface area contributed by atoms with Gasteiger partial charge in [0.25, 0.3) is 0 Å². The monoisotopic (exact) mass is 737 g/mol. The molecule has 0 unspecified atom stereocenters. The molecule has 5 aromatic heterocycles. The number of hydrogen-bond donors (Lipinski definition) is 5. The predicted octanol–water partition coefficient (Wildman–Crippen LogP) is 9.73. The van der Waals surface area contributed by atoms with Gasteiger partial charge in [-0.2, -0.15) is 25.5 Å². The van der Waals surface area contributed by atoms with Crippen LogP contribution in [0, 0.1) is 0 Å². The van der Waals surface area contributed by atoms with Crippen molar-refractivity contribution in [3.05, 3.63) is 74.0 Å². The molecule has 5 heterocycles. The molecule has 0 atom stereocenters. The van der Waals surface area contributed by atoms with Crippen LogP contribution < -0.4 is 23.7 Å². The van der Waals surface area contributed by atoms with Crippen molar-refractivity contribution >= 4 is 0 Å². The Kier molecular flexibility index (Phi) is 54.2. The topological polar surface area (TPSA) is 190 Å². The molecule has 0 amide bonds. The molecule has 0 radical (unpaired) electrons. The van der Waals surface area contributed by atoms with Gasteiger partial charge in [0.1, 0.15) is 6.61 Å². The Labute approximate surface area is 314 Å². The van der Waals surface area contributed by atoms with Crippen LogP contribution in [-0.4, -0.2) is 84.0 Å². The van der Waals surface area contributed by atoms with Crippen molar-refractivity contribution in [2.75, 3.05) is 26.9 Å². The SMILES string of the molecule is C=CCOc1ccn[nH]1.CC.CC.CC.CC.CC.CC(C)Oc1ccn[nH]1.CCCOc1ccn[nH]1.CCOc1ccn[nH]1.COc1ccn[nH]1. The van der Waals surface area contributed by atoms with Crippen LogP contribution >= 0.6 is 0 Å². The van der Waals surface area contributed by atoms with E-state index >= 15 is 0 Å². The Hall–Kier alpha value is -5.21. The summed E-state index contributed by atoms with van der Waals surface area (Å²) in [5.41, 5.74) is 0. The van der Waals surface area contributed by atoms with E-state index in [1.54, 1.807) is 74.5 Å². The highest BCUT2D eigenvalue weighted by Gasteiger charge is 1.95. The van der Waals surface area contributed by atoms with Gasteiger partial charge in [0.15, 0.2) is 0 Å². The third-order valence-corrected chi connectivity index (χ3v) is 4.08. The van der Waals surface area contributed by atoms with Crippen LogP contribution in [0.2, 0.25) is 0 Å². The van der Waals surface area contributed by atoms with Crippen LogP contribution in [0.15, 0.2) is 74.0 Å². The first-order valence-electron chi connectivity index (χ1n) is 18.2. The van der Waals surface area contributed by atoms with E-state index < -0.39 is 0 Å². The predicted molar refractivity (Wildman–Crippen MR) is 215 cm³/mol. The fourth-order valence-corrected chi connectivity index (χ4v) is 2.41. The Morgan fingerprint density at radius 1 is 0.558 bits per heavy atom. The summed E-state index contributed by atoms with van der Waals surface area (Å²) >= 11 is 0. The van der Waals surface area contributed by atoms with Crippen LogP contribution in [0.25, 0.3) is 0 Å². The summed E-state index contributed by atoms with van der Waals surface area (Å²) < 4.78 is 25.2. The van der Waals surface area contributed by atoms with E-state index in [4.69, 9.17) is 23.7 Å². The van der Waals surface area contributed by atoms with Gasteiger partial charge in [0.2, 0.25) is 29.4 Å². The summed E-state index contributed by atoms with van der Waals surface area (Å²) in [7, 11) is 1.59. The lowest BCUT2D eigenvalue weighted by Crippen LogP contribution is -2.05. The zero-order valence-electron chi connectivity index (χ0n) is 34.7. The van der Waals surface area contributed by atoms with Gasteiger partial charge >= 0.3 is 0 Å². The highest BCUT2D eigenvalue weighted by molar-refractivity contribution is 5.06. The lowest BCUT2D eigenvalue weighted by Gasteiger charge is -2.04. The fraction of sp³-hybridized carbons (Fsp3) is 0.541. The van der Waals surface area contributed by atoms with E-state index in [1.165, 1.54) is 0 Å². The van der Waals surface area contributed by atoms with Crippen LogP contribution in [-0.2, 0) is 0 Å². The highest BCUT2D eigenvalue weighted by Crippen LogP contribution is 2.04. The zero-order valence-corrected chi connectivity index (χ0v) is 34.7. The molecule has 0 saturated heterocycles. The Bertz CT molecular complexity index is 1180. The molecular formula is C37H72N10O5. The minimum Gasteiger partial charge on any atom is -0.481 e. The molecule has 0 fully saturated rings. The van der Waals surface area contributed by atoms with E-state index in [0.717, 1.165) is 30.7 Å². The number of hydrogen-bond acceptors (Lipinski definition) is 10. The molecule has 5 rings (SSSR count). The maximum Gasteiger partial charge on any atom is 0.209 e. The molecule has 5 aromatic rings. The fourth-order valence-electron chi connectivity index (χ4n) is 2.41. The molecule has 52 heavy (non-hydrogen) atoms. The first-order chi connectivity index (χ1) is 25.5. The smallest absolute Gasteiger partial charge is 0.209 e. The first-order valence-corrected chi connectivity index (χ1v) is 18.2. The molecule has 15 nitrogen and oxygen atoms in total. The van der Waals surface area contributed by atoms with Crippen molar-refractivity contribution in [2.45, 2.75) is 109 Å². The van der Waals surface area contributed by atoms with Gasteiger partial charge in [0, 0.05) is 30.3 Å². The van der Waals surface area contributed by atoms with Crippen molar-refractivity contribution in [3.63, 3.8) is 0 Å². The van der Waals surface area contributed by atoms with Crippen LogP contribution in [0.4, 0.5) is 0 Å². The molecule has 0 bridgehead atoms. The number of rotatable bonds is 11. The van der Waals surface area contributed by atoms with Gasteiger partial charge in [-0.25, -0.2) is 25.5 Å². The second-order valence-corrected chi connectivity index (χ2v) is 7.86. The van der Waals surface area contributed by atoms with Crippen LogP contribution in [0.3, 0.4) is 0 Å². The Morgan fingerprint density at radius 3 is 1.17 bits per heavy atom. The van der Waals surface area contributed by atoms with Crippen molar-refractivity contribution in [3.8, 4) is 29.4 Å². The average molecular weight is 737 g/mol. The molecule has 0 aromatic carbocycles. The summed E-state index contributed by atoms with van der Waals surface area (Å²) in [5.74, 6) is 3.57. The number of nitrogens with zero attached hydrogens (tertiary/aromatic N) is 5. The average Bonchev–Trinajstić information content (AvgIpc) is 4.07. The summed E-state index contributed by atoms with van der Waals surface area (Å²) in [6.07, 6.45) is 11.2. The van der Waals surface area contributed by atoms with Crippen molar-refractivity contribution < 1.29 is 23.7 Å². The van der Waals surface area contributed by atoms with Gasteiger partial charge in [-0.1, -0.05) is 88.8 Å². The summed E-state index contributed by atoms with van der Waals surface area (Å²) in [5, 5.41) is 31.8. The van der Waals surface area contributed by atoms with Crippen molar-refractivity contribution in [1.82, 2.24) is 51.0 Å². The third-order valence-electron chi connectivity index (χ3n) is 4.08. The largest absolute Gasteiger partial charge is 0.481 e. The molecule has 15 heteroatoms. The zero-order chi connectivity index (χ0) is 40.7. The van der Waals surface area contributed by atoms with Crippen LogP contribution in [0.5, 0.6) is 29.4 Å². The molecule has 5 N–H and O–H groups in total. The minimum atomic E-state index is 0.213. The van der Waals surface area contributed by atoms with E-state index in [0.29, 0.717) is 25.0 Å². The van der Waals surface area contributed by atoms with E-state index in [9.17, 15) is 0 Å². The highest BCUT2D eigenvalue weighted by atomic mass is 16.5. The molecule has 0 saturated carbocycles. The molecular weight excluding hydrogens is 664 g/mol. The van der Waals surface area contributed by atoms with Gasteiger partial charge in [-0.05, 0) is 27.2 Å². The van der Waals surface area contributed by atoms with E-state index in [-0.39, 0.29) is 6.10 Å². The number of nitrogens with one attached hydrogen (secondary N) is 5. The van der Waals surface area contributed by atoms with E-state index in [2.05, 4.69) is 64.5 Å². The van der Waals surface area contributed by atoms with Crippen molar-refractivity contribution in [2.24, 2.45) is 0 Å². The minimum absolute atomic E-state index is 0.213. The number of H-pyrrole nitrogens is 5. The standard InChI is InChI=1S/2C6H10N2O.C6H8N2O.C5H8N2O.C4H6N2O.5C2H6/c1-5(2)9-6-3-4-7-8-6;2*1-2-5-9-6-3-4-7-8-6;1-2-8-5-3-4-6-7-5;1-7-4-2-3-5-6-4;5*1-2/h3-5H,1-2H3,(H,7,8);3-4H,2,5H2,1H3,(H,7,8);2-4H,1,5H2,(H,7,8);3-4H,2H2,1H3,(H,6,7);2-3H,1H3,(H,5,6);5*1-2H3. The molecule has 0 aliphatic carbocycles. The second-order valence-electron chi connectivity index (χ2n) is 7.86. The molecule has 0 aliphatic heterocycles. The Balaban J connectivity index is -0.000000167. The number of ether oxygens (including phenoxy) is 5. The molecule has 0 spiro atoms. The van der Waals surface area contributed by atoms with Gasteiger partial charge in [-0.15, -0.1) is 0 Å². The van der Waals surface area contributed by atoms with Gasteiger partial charge < -0.3 is 23.7 Å². The van der Waals surface area contributed by atoms with Crippen molar-refractivity contribution in [1.29, 1.82) is 0 Å². The normalized spacial score (nSPS) is 8.08. The third kappa shape index (κ3) is 39.2. The lowest BCUT2D eigenvalue weighted by atomic mass is 10.5. The van der Waals surface area contributed by atoms with Gasteiger partial charge in [0.05, 0.1) is 57.4 Å². The summed E-state index contributed by atoms with van der Waals surface area (Å²) in [4.78, 5) is 0. The van der Waals surface area contributed by atoms with E-state index in [1.807, 2.05) is 90.0 Å². The number of aromatic amines is 5. The van der Waals surface area contributed by atoms with Crippen LogP contribution in [0.1, 0.15) is 103 Å². The molecule has 300 valence electrons. The second kappa shape index (κ2) is 50.2.